The quantitative estimate of drug-likeness (QED) is 0.867. The van der Waals surface area contributed by atoms with Gasteiger partial charge in [0.1, 0.15) is 5.78 Å². The average molecular weight is 289 g/mol. The number of fused-ring (bicyclic) bond motifs is 2. The SMILES string of the molecule is CC1(C)CC(=O)C=C(NCC23CCC(CC2=O)C3(C)C)C1. The lowest BCUT2D eigenvalue weighted by atomic mass is 9.68. The van der Waals surface area contributed by atoms with Gasteiger partial charge in [-0.2, -0.15) is 0 Å². The predicted octanol–water partition coefficient (Wildman–Crippen LogP) is 3.24. The summed E-state index contributed by atoms with van der Waals surface area (Å²) in [6, 6.07) is 0. The van der Waals surface area contributed by atoms with E-state index in [0.717, 1.165) is 25.0 Å². The number of ketones is 2. The van der Waals surface area contributed by atoms with Crippen molar-refractivity contribution >= 4 is 11.6 Å². The summed E-state index contributed by atoms with van der Waals surface area (Å²) in [5.74, 6) is 1.18. The van der Waals surface area contributed by atoms with Gasteiger partial charge in [-0.1, -0.05) is 27.7 Å². The van der Waals surface area contributed by atoms with E-state index in [1.165, 1.54) is 6.42 Å². The number of carbonyl (C=O) groups excluding carboxylic acids is 2. The molecular weight excluding hydrogens is 262 g/mol. The van der Waals surface area contributed by atoms with Gasteiger partial charge in [0.2, 0.25) is 0 Å². The molecule has 2 bridgehead atoms. The highest BCUT2D eigenvalue weighted by molar-refractivity contribution is 5.92. The minimum absolute atomic E-state index is 0.0270. The predicted molar refractivity (Wildman–Crippen MR) is 82.7 cm³/mol. The number of rotatable bonds is 3. The first-order chi connectivity index (χ1) is 9.66. The van der Waals surface area contributed by atoms with Crippen molar-refractivity contribution in [2.24, 2.45) is 22.2 Å². The summed E-state index contributed by atoms with van der Waals surface area (Å²) in [7, 11) is 0. The summed E-state index contributed by atoms with van der Waals surface area (Å²) in [6.07, 6.45) is 6.19. The zero-order chi connectivity index (χ0) is 15.5. The molecule has 21 heavy (non-hydrogen) atoms. The monoisotopic (exact) mass is 289 g/mol. The van der Waals surface area contributed by atoms with E-state index >= 15 is 0 Å². The lowest BCUT2D eigenvalue weighted by Gasteiger charge is -2.38. The molecule has 3 rings (SSSR count). The highest BCUT2D eigenvalue weighted by atomic mass is 16.1. The van der Waals surface area contributed by atoms with Crippen LogP contribution in [0.3, 0.4) is 0 Å². The van der Waals surface area contributed by atoms with Gasteiger partial charge in [-0.3, -0.25) is 9.59 Å². The van der Waals surface area contributed by atoms with Crippen LogP contribution < -0.4 is 5.32 Å². The Labute approximate surface area is 127 Å². The Hall–Kier alpha value is -1.12. The average Bonchev–Trinajstić information content (AvgIpc) is 2.68. The molecule has 2 unspecified atom stereocenters. The molecule has 2 fully saturated rings. The van der Waals surface area contributed by atoms with Gasteiger partial charge < -0.3 is 5.32 Å². The van der Waals surface area contributed by atoms with Crippen molar-refractivity contribution in [3.63, 3.8) is 0 Å². The largest absolute Gasteiger partial charge is 0.387 e. The molecule has 0 aromatic carbocycles. The normalized spacial score (nSPS) is 36.8. The second kappa shape index (κ2) is 4.44. The van der Waals surface area contributed by atoms with Crippen molar-refractivity contribution < 1.29 is 9.59 Å². The Bertz CT molecular complexity index is 529. The first kappa shape index (κ1) is 14.8. The van der Waals surface area contributed by atoms with Gasteiger partial charge in [0.25, 0.3) is 0 Å². The summed E-state index contributed by atoms with van der Waals surface area (Å²) in [5.41, 5.74) is 0.915. The Morgan fingerprint density at radius 2 is 1.90 bits per heavy atom. The third-order valence-corrected chi connectivity index (χ3v) is 6.41. The van der Waals surface area contributed by atoms with Gasteiger partial charge in [0.05, 0.1) is 5.41 Å². The maximum absolute atomic E-state index is 12.5. The third kappa shape index (κ3) is 2.16. The van der Waals surface area contributed by atoms with E-state index in [1.807, 2.05) is 0 Å². The zero-order valence-corrected chi connectivity index (χ0v) is 13.7. The second-order valence-corrected chi connectivity index (χ2v) is 8.67. The minimum atomic E-state index is -0.219. The second-order valence-electron chi connectivity index (χ2n) is 8.67. The molecule has 116 valence electrons. The van der Waals surface area contributed by atoms with Gasteiger partial charge in [0, 0.05) is 31.2 Å². The van der Waals surface area contributed by atoms with Crippen LogP contribution in [-0.2, 0) is 9.59 Å². The first-order valence-corrected chi connectivity index (χ1v) is 8.17. The van der Waals surface area contributed by atoms with Crippen LogP contribution >= 0.6 is 0 Å². The van der Waals surface area contributed by atoms with Gasteiger partial charge in [-0.25, -0.2) is 0 Å². The number of allylic oxidation sites excluding steroid dienone is 2. The molecule has 0 aromatic rings. The van der Waals surface area contributed by atoms with Crippen LogP contribution in [0.5, 0.6) is 0 Å². The van der Waals surface area contributed by atoms with Crippen molar-refractivity contribution in [3.05, 3.63) is 11.8 Å². The fourth-order valence-electron chi connectivity index (χ4n) is 4.91. The molecule has 0 radical (unpaired) electrons. The summed E-state index contributed by atoms with van der Waals surface area (Å²) in [6.45, 7) is 9.47. The molecule has 2 atom stereocenters. The Morgan fingerprint density at radius 3 is 2.43 bits per heavy atom. The lowest BCUT2D eigenvalue weighted by Crippen LogP contribution is -2.45. The number of nitrogens with one attached hydrogen (secondary N) is 1. The van der Waals surface area contributed by atoms with Crippen LogP contribution in [0.1, 0.15) is 59.8 Å². The first-order valence-electron chi connectivity index (χ1n) is 8.17. The van der Waals surface area contributed by atoms with Crippen molar-refractivity contribution in [2.45, 2.75) is 59.8 Å². The maximum Gasteiger partial charge on any atom is 0.157 e. The molecule has 0 amide bonds. The third-order valence-electron chi connectivity index (χ3n) is 6.41. The molecule has 0 saturated heterocycles. The molecule has 0 aromatic heterocycles. The van der Waals surface area contributed by atoms with Crippen molar-refractivity contribution in [3.8, 4) is 0 Å². The molecule has 2 saturated carbocycles. The molecule has 0 spiro atoms. The highest BCUT2D eigenvalue weighted by Gasteiger charge is 2.63. The van der Waals surface area contributed by atoms with Crippen LogP contribution in [0.25, 0.3) is 0 Å². The van der Waals surface area contributed by atoms with E-state index in [1.54, 1.807) is 6.08 Å². The smallest absolute Gasteiger partial charge is 0.157 e. The highest BCUT2D eigenvalue weighted by Crippen LogP contribution is 2.63. The molecule has 1 N–H and O–H groups in total. The zero-order valence-electron chi connectivity index (χ0n) is 13.7. The summed E-state index contributed by atoms with van der Waals surface area (Å²) >= 11 is 0. The van der Waals surface area contributed by atoms with E-state index in [-0.39, 0.29) is 22.0 Å². The van der Waals surface area contributed by atoms with Gasteiger partial charge in [-0.15, -0.1) is 0 Å². The lowest BCUT2D eigenvalue weighted by molar-refractivity contribution is -0.129. The molecule has 0 aliphatic heterocycles. The van der Waals surface area contributed by atoms with Crippen LogP contribution in [-0.4, -0.2) is 18.1 Å². The van der Waals surface area contributed by atoms with Crippen LogP contribution in [0, 0.1) is 22.2 Å². The fourth-order valence-corrected chi connectivity index (χ4v) is 4.91. The number of hydrogen-bond donors (Lipinski definition) is 1. The number of carbonyl (C=O) groups is 2. The minimum Gasteiger partial charge on any atom is -0.387 e. The Balaban J connectivity index is 1.76. The number of hydrogen-bond acceptors (Lipinski definition) is 3. The molecule has 3 heteroatoms. The van der Waals surface area contributed by atoms with E-state index in [0.29, 0.717) is 24.7 Å². The van der Waals surface area contributed by atoms with Crippen molar-refractivity contribution in [2.75, 3.05) is 6.54 Å². The van der Waals surface area contributed by atoms with Crippen molar-refractivity contribution in [1.82, 2.24) is 5.32 Å². The standard InChI is InChI=1S/C18H27NO2/c1-16(2)9-13(8-14(20)10-16)19-11-18-6-5-12(7-15(18)21)17(18,3)4/h8,12,19H,5-7,9-11H2,1-4H3. The van der Waals surface area contributed by atoms with Crippen LogP contribution in [0.4, 0.5) is 0 Å². The molecule has 3 aliphatic rings. The molecular formula is C18H27NO2. The van der Waals surface area contributed by atoms with Gasteiger partial charge in [-0.05, 0) is 36.0 Å². The molecule has 0 heterocycles. The molecule has 3 aliphatic carbocycles. The van der Waals surface area contributed by atoms with Crippen molar-refractivity contribution in [1.29, 1.82) is 0 Å². The molecule has 3 nitrogen and oxygen atoms in total. The summed E-state index contributed by atoms with van der Waals surface area (Å²) in [4.78, 5) is 24.4. The summed E-state index contributed by atoms with van der Waals surface area (Å²) in [5, 5.41) is 3.47. The Kier molecular flexibility index (Phi) is 3.13. The summed E-state index contributed by atoms with van der Waals surface area (Å²) < 4.78 is 0. The van der Waals surface area contributed by atoms with E-state index in [4.69, 9.17) is 0 Å². The maximum atomic E-state index is 12.5. The Morgan fingerprint density at radius 1 is 1.19 bits per heavy atom. The van der Waals surface area contributed by atoms with Gasteiger partial charge >= 0.3 is 0 Å². The van der Waals surface area contributed by atoms with Crippen LogP contribution in [0.2, 0.25) is 0 Å². The van der Waals surface area contributed by atoms with E-state index in [2.05, 4.69) is 33.0 Å². The van der Waals surface area contributed by atoms with E-state index < -0.39 is 0 Å². The van der Waals surface area contributed by atoms with Crippen LogP contribution in [0.15, 0.2) is 11.8 Å². The van der Waals surface area contributed by atoms with E-state index in [9.17, 15) is 9.59 Å². The van der Waals surface area contributed by atoms with Gasteiger partial charge in [0.15, 0.2) is 5.78 Å². The topological polar surface area (TPSA) is 46.2 Å². The fraction of sp³-hybridized carbons (Fsp3) is 0.778. The number of Topliss-reactive ketones (excluding diaryl/α,β-unsaturated/α-hetero) is 1.